The Balaban J connectivity index is 1.35. The topological polar surface area (TPSA) is 105 Å². The van der Waals surface area contributed by atoms with Gasteiger partial charge in [-0.05, 0) is 61.9 Å². The number of carbonyl (C=O) groups excluding carboxylic acids is 2. The third-order valence-electron chi connectivity index (χ3n) is 9.42. The van der Waals surface area contributed by atoms with Crippen LogP contribution in [0, 0.1) is 18.3 Å². The van der Waals surface area contributed by atoms with Crippen LogP contribution in [0.1, 0.15) is 46.6 Å². The van der Waals surface area contributed by atoms with Crippen LogP contribution in [0.5, 0.6) is 0 Å². The zero-order valence-corrected chi connectivity index (χ0v) is 25.8. The molecule has 0 radical (unpaired) electrons. The van der Waals surface area contributed by atoms with Crippen LogP contribution >= 0.6 is 0 Å². The first-order valence-corrected chi connectivity index (χ1v) is 15.8. The standard InChI is InChI=1S/C35H40FN7O2/c1-3-32(44)43-18-17-42(20-26(43)11-14-37)31-19-28(34(45)39-23-35(36)13-6-15-38-22-35)40-29-21-41(16-12-27(29)31)30-10-5-9-25-8-4-7-24(2)33(25)30/h3-5,7-10,19,26,38H,1,6,11-13,15-18,20-23H2,2H3,(H,39,45)/t26-,35-/m0/s1. The predicted octanol–water partition coefficient (Wildman–Crippen LogP) is 4.04. The molecule has 10 heteroatoms. The first-order valence-electron chi connectivity index (χ1n) is 15.8. The number of alkyl halides is 1. The number of piperidine rings is 1. The average molecular weight is 610 g/mol. The van der Waals surface area contributed by atoms with Crippen LogP contribution in [0.15, 0.2) is 55.1 Å². The predicted molar refractivity (Wildman–Crippen MR) is 174 cm³/mol. The van der Waals surface area contributed by atoms with Gasteiger partial charge in [0.05, 0.1) is 37.3 Å². The van der Waals surface area contributed by atoms with E-state index in [2.05, 4.69) is 76.4 Å². The van der Waals surface area contributed by atoms with Gasteiger partial charge in [-0.3, -0.25) is 9.59 Å². The zero-order valence-electron chi connectivity index (χ0n) is 25.8. The summed E-state index contributed by atoms with van der Waals surface area (Å²) in [6.07, 6.45) is 3.32. The average Bonchev–Trinajstić information content (AvgIpc) is 3.06. The Morgan fingerprint density at radius 3 is 2.78 bits per heavy atom. The number of hydrogen-bond acceptors (Lipinski definition) is 7. The van der Waals surface area contributed by atoms with Crippen LogP contribution in [0.2, 0.25) is 0 Å². The number of nitriles is 1. The molecule has 0 saturated carbocycles. The quantitative estimate of drug-likeness (QED) is 0.390. The van der Waals surface area contributed by atoms with Crippen LogP contribution < -0.4 is 20.4 Å². The van der Waals surface area contributed by atoms with Crippen molar-refractivity contribution in [3.8, 4) is 6.07 Å². The highest BCUT2D eigenvalue weighted by Gasteiger charge is 2.35. The number of fused-ring (bicyclic) bond motifs is 2. The van der Waals surface area contributed by atoms with Crippen molar-refractivity contribution in [2.45, 2.75) is 50.9 Å². The second-order valence-corrected chi connectivity index (χ2v) is 12.4. The van der Waals surface area contributed by atoms with Crippen molar-refractivity contribution in [1.82, 2.24) is 20.5 Å². The SMILES string of the molecule is C=CC(=O)N1CCN(c2cc(C(=O)NC[C@]3(F)CCCNC3)nc3c2CCN(c2cccc4cccc(C)c24)C3)C[C@@H]1CC#N. The summed E-state index contributed by atoms with van der Waals surface area (Å²) >= 11 is 0. The van der Waals surface area contributed by atoms with E-state index in [0.29, 0.717) is 32.6 Å². The molecule has 0 unspecified atom stereocenters. The number of aryl methyl sites for hydroxylation is 1. The molecule has 3 aromatic rings. The van der Waals surface area contributed by atoms with Gasteiger partial charge in [-0.1, -0.05) is 36.9 Å². The summed E-state index contributed by atoms with van der Waals surface area (Å²) < 4.78 is 15.4. The second-order valence-electron chi connectivity index (χ2n) is 12.4. The summed E-state index contributed by atoms with van der Waals surface area (Å²) in [5, 5.41) is 17.8. The molecule has 234 valence electrons. The Morgan fingerprint density at radius 1 is 1.20 bits per heavy atom. The number of hydrogen-bond donors (Lipinski definition) is 2. The molecule has 1 aromatic heterocycles. The van der Waals surface area contributed by atoms with E-state index < -0.39 is 11.6 Å². The maximum Gasteiger partial charge on any atom is 0.270 e. The lowest BCUT2D eigenvalue weighted by atomic mass is 9.96. The van der Waals surface area contributed by atoms with Crippen molar-refractivity contribution in [2.75, 3.05) is 55.6 Å². The summed E-state index contributed by atoms with van der Waals surface area (Å²) in [6.45, 7) is 9.39. The van der Waals surface area contributed by atoms with Gasteiger partial charge in [0.2, 0.25) is 5.91 Å². The van der Waals surface area contributed by atoms with Crippen molar-refractivity contribution in [1.29, 1.82) is 5.26 Å². The maximum atomic E-state index is 15.4. The minimum atomic E-state index is -1.49. The Hall–Kier alpha value is -4.49. The van der Waals surface area contributed by atoms with Gasteiger partial charge in [-0.15, -0.1) is 0 Å². The van der Waals surface area contributed by atoms with E-state index in [4.69, 9.17) is 4.98 Å². The molecule has 2 aromatic carbocycles. The molecule has 0 aliphatic carbocycles. The molecular weight excluding hydrogens is 569 g/mol. The van der Waals surface area contributed by atoms with Crippen molar-refractivity contribution in [3.63, 3.8) is 0 Å². The van der Waals surface area contributed by atoms with Crippen LogP contribution in [-0.4, -0.2) is 79.2 Å². The molecule has 2 N–H and O–H groups in total. The van der Waals surface area contributed by atoms with Gasteiger partial charge in [0.25, 0.3) is 5.91 Å². The van der Waals surface area contributed by atoms with Gasteiger partial charge in [-0.2, -0.15) is 5.26 Å². The summed E-state index contributed by atoms with van der Waals surface area (Å²) in [5.41, 5.74) is 3.85. The number of halogens is 1. The highest BCUT2D eigenvalue weighted by molar-refractivity contribution is 5.97. The number of nitrogens with zero attached hydrogens (tertiary/aromatic N) is 5. The normalized spacial score (nSPS) is 21.6. The number of aromatic nitrogens is 1. The zero-order chi connectivity index (χ0) is 31.6. The fourth-order valence-electron chi connectivity index (χ4n) is 7.07. The monoisotopic (exact) mass is 609 g/mol. The molecule has 2 fully saturated rings. The van der Waals surface area contributed by atoms with E-state index in [1.54, 1.807) is 4.90 Å². The molecule has 2 atom stereocenters. The minimum absolute atomic E-state index is 0.0824. The van der Waals surface area contributed by atoms with Gasteiger partial charge in [0.1, 0.15) is 11.4 Å². The van der Waals surface area contributed by atoms with Crippen molar-refractivity contribution >= 4 is 34.0 Å². The summed E-state index contributed by atoms with van der Waals surface area (Å²) in [4.78, 5) is 37.2. The lowest BCUT2D eigenvalue weighted by molar-refractivity contribution is -0.128. The van der Waals surface area contributed by atoms with E-state index in [9.17, 15) is 14.9 Å². The highest BCUT2D eigenvalue weighted by Crippen LogP contribution is 2.36. The van der Waals surface area contributed by atoms with Crippen molar-refractivity contribution in [3.05, 3.63) is 77.6 Å². The Kier molecular flexibility index (Phi) is 8.72. The summed E-state index contributed by atoms with van der Waals surface area (Å²) in [7, 11) is 0. The smallest absolute Gasteiger partial charge is 0.270 e. The van der Waals surface area contributed by atoms with E-state index in [-0.39, 0.29) is 37.2 Å². The molecule has 6 rings (SSSR count). The number of anilines is 2. The third-order valence-corrected chi connectivity index (χ3v) is 9.42. The molecule has 2 saturated heterocycles. The lowest BCUT2D eigenvalue weighted by Crippen LogP contribution is -2.55. The number of carbonyl (C=O) groups is 2. The second kappa shape index (κ2) is 12.9. The van der Waals surface area contributed by atoms with Crippen LogP contribution in [0.4, 0.5) is 15.8 Å². The largest absolute Gasteiger partial charge is 0.367 e. The Labute approximate surface area is 263 Å². The summed E-state index contributed by atoms with van der Waals surface area (Å²) in [6, 6.07) is 16.4. The maximum absolute atomic E-state index is 15.4. The number of pyridine rings is 1. The van der Waals surface area contributed by atoms with Crippen molar-refractivity contribution in [2.24, 2.45) is 0 Å². The number of benzene rings is 2. The lowest BCUT2D eigenvalue weighted by Gasteiger charge is -2.43. The highest BCUT2D eigenvalue weighted by atomic mass is 19.1. The first-order chi connectivity index (χ1) is 21.8. The minimum Gasteiger partial charge on any atom is -0.367 e. The molecular formula is C35H40FN7O2. The number of rotatable bonds is 7. The van der Waals surface area contributed by atoms with Gasteiger partial charge < -0.3 is 25.3 Å². The van der Waals surface area contributed by atoms with Crippen LogP contribution in [-0.2, 0) is 17.8 Å². The Morgan fingerprint density at radius 2 is 2.02 bits per heavy atom. The van der Waals surface area contributed by atoms with E-state index in [1.807, 2.05) is 6.07 Å². The van der Waals surface area contributed by atoms with Crippen LogP contribution in [0.25, 0.3) is 10.8 Å². The molecule has 3 aliphatic rings. The van der Waals surface area contributed by atoms with E-state index in [1.165, 1.54) is 22.4 Å². The number of piperazine rings is 1. The van der Waals surface area contributed by atoms with E-state index >= 15 is 4.39 Å². The van der Waals surface area contributed by atoms with Gasteiger partial charge in [0, 0.05) is 55.0 Å². The summed E-state index contributed by atoms with van der Waals surface area (Å²) in [5.74, 6) is -0.598. The Bertz CT molecular complexity index is 1660. The molecule has 45 heavy (non-hydrogen) atoms. The van der Waals surface area contributed by atoms with Gasteiger partial charge >= 0.3 is 0 Å². The van der Waals surface area contributed by atoms with Gasteiger partial charge in [-0.25, -0.2) is 9.37 Å². The van der Waals surface area contributed by atoms with E-state index in [0.717, 1.165) is 48.6 Å². The molecule has 4 heterocycles. The fourth-order valence-corrected chi connectivity index (χ4v) is 7.07. The van der Waals surface area contributed by atoms with Crippen LogP contribution in [0.3, 0.4) is 0 Å². The van der Waals surface area contributed by atoms with Gasteiger partial charge in [0.15, 0.2) is 0 Å². The molecule has 0 spiro atoms. The third kappa shape index (κ3) is 6.22. The number of nitrogens with one attached hydrogen (secondary N) is 2. The first kappa shape index (κ1) is 30.5. The fraction of sp³-hybridized carbons (Fsp3) is 0.429. The molecule has 0 bridgehead atoms. The van der Waals surface area contributed by atoms with Crippen molar-refractivity contribution < 1.29 is 14.0 Å². The molecule has 9 nitrogen and oxygen atoms in total. The molecule has 3 aliphatic heterocycles. The molecule has 2 amide bonds. The number of amides is 2.